The van der Waals surface area contributed by atoms with E-state index in [1.807, 2.05) is 32.0 Å². The fraction of sp³-hybridized carbons (Fsp3) is 0.222. The Labute approximate surface area is 140 Å². The molecule has 2 rings (SSSR count). The maximum Gasteiger partial charge on any atom is 0.264 e. The fourth-order valence-electron chi connectivity index (χ4n) is 2.19. The van der Waals surface area contributed by atoms with Crippen LogP contribution in [0.15, 0.2) is 46.4 Å². The molecule has 0 bridgehead atoms. The fourth-order valence-corrected chi connectivity index (χ4v) is 2.38. The number of nitrogens with zero attached hydrogens (tertiary/aromatic N) is 2. The van der Waals surface area contributed by atoms with Crippen LogP contribution in [0, 0.1) is 11.3 Å². The van der Waals surface area contributed by atoms with Crippen molar-refractivity contribution in [1.29, 1.82) is 5.26 Å². The molecule has 118 valence electrons. The van der Waals surface area contributed by atoms with E-state index < -0.39 is 0 Å². The quantitative estimate of drug-likeness (QED) is 0.604. The van der Waals surface area contributed by atoms with Gasteiger partial charge in [-0.05, 0) is 38.1 Å². The predicted octanol–water partition coefficient (Wildman–Crippen LogP) is 4.38. The van der Waals surface area contributed by atoms with Gasteiger partial charge in [0.25, 0.3) is 5.91 Å². The van der Waals surface area contributed by atoms with E-state index in [-0.39, 0.29) is 11.5 Å². The van der Waals surface area contributed by atoms with Gasteiger partial charge in [-0.1, -0.05) is 23.7 Å². The van der Waals surface area contributed by atoms with Gasteiger partial charge in [-0.3, -0.25) is 4.79 Å². The van der Waals surface area contributed by atoms with E-state index in [0.717, 1.165) is 5.56 Å². The van der Waals surface area contributed by atoms with Gasteiger partial charge in [0.15, 0.2) is 0 Å². The van der Waals surface area contributed by atoms with Gasteiger partial charge >= 0.3 is 0 Å². The van der Waals surface area contributed by atoms with Gasteiger partial charge in [0, 0.05) is 29.8 Å². The Morgan fingerprint density at radius 3 is 2.65 bits per heavy atom. The van der Waals surface area contributed by atoms with Gasteiger partial charge < -0.3 is 9.32 Å². The second kappa shape index (κ2) is 7.66. The molecule has 0 unspecified atom stereocenters. The van der Waals surface area contributed by atoms with Crippen LogP contribution in [-0.2, 0) is 4.79 Å². The minimum Gasteiger partial charge on any atom is -0.457 e. The van der Waals surface area contributed by atoms with Gasteiger partial charge in [-0.2, -0.15) is 5.26 Å². The number of benzene rings is 1. The van der Waals surface area contributed by atoms with E-state index >= 15 is 0 Å². The molecule has 1 amide bonds. The van der Waals surface area contributed by atoms with Crippen molar-refractivity contribution in [2.75, 3.05) is 13.1 Å². The molecule has 0 aliphatic rings. The molecule has 0 saturated carbocycles. The molecule has 0 saturated heterocycles. The standard InChI is InChI=1S/C18H17ClN2O2/c1-3-21(4-2)18(22)14(12-20)11-16-8-9-17(23-16)13-6-5-7-15(19)10-13/h5-11H,3-4H2,1-2H3/b14-11-. The topological polar surface area (TPSA) is 57.2 Å². The number of carbonyl (C=O) groups excluding carboxylic acids is 1. The maximum absolute atomic E-state index is 12.2. The number of amides is 1. The van der Waals surface area contributed by atoms with Gasteiger partial charge in [0.05, 0.1) is 0 Å². The van der Waals surface area contributed by atoms with Crippen LogP contribution in [0.1, 0.15) is 19.6 Å². The first kappa shape index (κ1) is 16.9. The summed E-state index contributed by atoms with van der Waals surface area (Å²) in [6, 6.07) is 12.7. The van der Waals surface area contributed by atoms with Crippen LogP contribution in [0.25, 0.3) is 17.4 Å². The van der Waals surface area contributed by atoms with Crippen molar-refractivity contribution in [2.45, 2.75) is 13.8 Å². The first-order valence-corrected chi connectivity index (χ1v) is 7.73. The van der Waals surface area contributed by atoms with Gasteiger partial charge in [0.1, 0.15) is 23.2 Å². The van der Waals surface area contributed by atoms with Crippen molar-refractivity contribution in [3.63, 3.8) is 0 Å². The molecule has 1 aromatic carbocycles. The van der Waals surface area contributed by atoms with Crippen LogP contribution in [0.3, 0.4) is 0 Å². The third-order valence-electron chi connectivity index (χ3n) is 3.42. The Kier molecular flexibility index (Phi) is 5.61. The molecule has 0 aliphatic carbocycles. The van der Waals surface area contributed by atoms with Crippen molar-refractivity contribution in [3.05, 3.63) is 52.8 Å². The Hall–Kier alpha value is -2.51. The monoisotopic (exact) mass is 328 g/mol. The van der Waals surface area contributed by atoms with Crippen molar-refractivity contribution in [3.8, 4) is 17.4 Å². The molecule has 0 N–H and O–H groups in total. The normalized spacial score (nSPS) is 11.1. The number of carbonyl (C=O) groups is 1. The molecule has 2 aromatic rings. The van der Waals surface area contributed by atoms with Gasteiger partial charge in [-0.15, -0.1) is 0 Å². The zero-order chi connectivity index (χ0) is 16.8. The number of rotatable bonds is 5. The third-order valence-corrected chi connectivity index (χ3v) is 3.66. The number of hydrogen-bond acceptors (Lipinski definition) is 3. The lowest BCUT2D eigenvalue weighted by Gasteiger charge is -2.17. The Morgan fingerprint density at radius 2 is 2.04 bits per heavy atom. The highest BCUT2D eigenvalue weighted by atomic mass is 35.5. The predicted molar refractivity (Wildman–Crippen MR) is 90.7 cm³/mol. The summed E-state index contributed by atoms with van der Waals surface area (Å²) in [4.78, 5) is 13.8. The minimum atomic E-state index is -0.293. The molecule has 0 fully saturated rings. The van der Waals surface area contributed by atoms with Crippen LogP contribution < -0.4 is 0 Å². The lowest BCUT2D eigenvalue weighted by atomic mass is 10.2. The smallest absolute Gasteiger partial charge is 0.264 e. The Bertz CT molecular complexity index is 767. The second-order valence-corrected chi connectivity index (χ2v) is 5.30. The Balaban J connectivity index is 2.29. The first-order valence-electron chi connectivity index (χ1n) is 7.35. The highest BCUT2D eigenvalue weighted by molar-refractivity contribution is 6.30. The largest absolute Gasteiger partial charge is 0.457 e. The zero-order valence-electron chi connectivity index (χ0n) is 13.0. The van der Waals surface area contributed by atoms with E-state index in [0.29, 0.717) is 29.6 Å². The summed E-state index contributed by atoms with van der Waals surface area (Å²) >= 11 is 5.97. The van der Waals surface area contributed by atoms with E-state index in [1.54, 1.807) is 29.2 Å². The Morgan fingerprint density at radius 1 is 1.30 bits per heavy atom. The summed E-state index contributed by atoms with van der Waals surface area (Å²) in [6.45, 7) is 4.86. The molecule has 23 heavy (non-hydrogen) atoms. The summed E-state index contributed by atoms with van der Waals surface area (Å²) in [5, 5.41) is 9.85. The summed E-state index contributed by atoms with van der Waals surface area (Å²) in [5.41, 5.74) is 0.895. The molecule has 4 nitrogen and oxygen atoms in total. The van der Waals surface area contributed by atoms with Crippen LogP contribution >= 0.6 is 11.6 Å². The molecule has 1 aromatic heterocycles. The van der Waals surface area contributed by atoms with Crippen LogP contribution in [0.4, 0.5) is 0 Å². The third kappa shape index (κ3) is 4.02. The average Bonchev–Trinajstić information content (AvgIpc) is 3.02. The second-order valence-electron chi connectivity index (χ2n) is 4.86. The van der Waals surface area contributed by atoms with Crippen LogP contribution in [0.2, 0.25) is 5.02 Å². The van der Waals surface area contributed by atoms with E-state index in [2.05, 4.69) is 0 Å². The summed E-state index contributed by atoms with van der Waals surface area (Å²) < 4.78 is 5.70. The molecular weight excluding hydrogens is 312 g/mol. The lowest BCUT2D eigenvalue weighted by Crippen LogP contribution is -2.31. The van der Waals surface area contributed by atoms with Crippen molar-refractivity contribution >= 4 is 23.6 Å². The van der Waals surface area contributed by atoms with Crippen LogP contribution in [0.5, 0.6) is 0 Å². The number of hydrogen-bond donors (Lipinski definition) is 0. The summed E-state index contributed by atoms with van der Waals surface area (Å²) in [6.07, 6.45) is 1.47. The van der Waals surface area contributed by atoms with Crippen molar-refractivity contribution in [1.82, 2.24) is 4.90 Å². The number of furan rings is 1. The number of likely N-dealkylation sites (N-methyl/N-ethyl adjacent to an activating group) is 1. The highest BCUT2D eigenvalue weighted by Crippen LogP contribution is 2.25. The number of nitriles is 1. The summed E-state index contributed by atoms with van der Waals surface area (Å²) in [5.74, 6) is 0.793. The maximum atomic E-state index is 12.2. The van der Waals surface area contributed by atoms with E-state index in [4.69, 9.17) is 16.0 Å². The van der Waals surface area contributed by atoms with Crippen molar-refractivity contribution in [2.24, 2.45) is 0 Å². The minimum absolute atomic E-state index is 0.0562. The average molecular weight is 329 g/mol. The zero-order valence-corrected chi connectivity index (χ0v) is 13.8. The van der Waals surface area contributed by atoms with Crippen LogP contribution in [-0.4, -0.2) is 23.9 Å². The molecular formula is C18H17ClN2O2. The SMILES string of the molecule is CCN(CC)C(=O)/C(C#N)=C\c1ccc(-c2cccc(Cl)c2)o1. The number of halogens is 1. The summed E-state index contributed by atoms with van der Waals surface area (Å²) in [7, 11) is 0. The van der Waals surface area contributed by atoms with Gasteiger partial charge in [0.2, 0.25) is 0 Å². The van der Waals surface area contributed by atoms with Crippen molar-refractivity contribution < 1.29 is 9.21 Å². The molecule has 0 atom stereocenters. The highest BCUT2D eigenvalue weighted by Gasteiger charge is 2.16. The lowest BCUT2D eigenvalue weighted by molar-refractivity contribution is -0.126. The van der Waals surface area contributed by atoms with Gasteiger partial charge in [-0.25, -0.2) is 0 Å². The van der Waals surface area contributed by atoms with E-state index in [9.17, 15) is 10.1 Å². The molecule has 0 aliphatic heterocycles. The molecule has 0 spiro atoms. The first-order chi connectivity index (χ1) is 11.1. The molecule has 5 heteroatoms. The van der Waals surface area contributed by atoms with E-state index in [1.165, 1.54) is 6.08 Å². The molecule has 0 radical (unpaired) electrons. The molecule has 1 heterocycles.